The van der Waals surface area contributed by atoms with Crippen molar-refractivity contribution in [2.45, 2.75) is 6.92 Å². The van der Waals surface area contributed by atoms with Crippen molar-refractivity contribution in [1.29, 1.82) is 0 Å². The van der Waals surface area contributed by atoms with Gasteiger partial charge in [-0.15, -0.1) is 0 Å². The summed E-state index contributed by atoms with van der Waals surface area (Å²) in [5.41, 5.74) is -0.691. The zero-order valence-corrected chi connectivity index (χ0v) is 16.4. The van der Waals surface area contributed by atoms with Crippen LogP contribution in [0.4, 0.5) is 21.9 Å². The molecule has 2 rings (SSSR count). The molecule has 11 nitrogen and oxygen atoms in total. The fraction of sp³-hybridized carbons (Fsp3) is 0.211. The Morgan fingerprint density at radius 1 is 1.13 bits per heavy atom. The van der Waals surface area contributed by atoms with E-state index in [9.17, 15) is 24.5 Å². The van der Waals surface area contributed by atoms with Crippen molar-refractivity contribution in [3.8, 4) is 0 Å². The van der Waals surface area contributed by atoms with Crippen LogP contribution >= 0.6 is 0 Å². The first-order valence-corrected chi connectivity index (χ1v) is 8.61. The number of amides is 1. The van der Waals surface area contributed by atoms with E-state index in [0.29, 0.717) is 0 Å². The Morgan fingerprint density at radius 3 is 2.43 bits per heavy atom. The van der Waals surface area contributed by atoms with Crippen molar-refractivity contribution in [2.75, 3.05) is 31.0 Å². The van der Waals surface area contributed by atoms with Crippen LogP contribution in [-0.4, -0.2) is 43.8 Å². The Morgan fingerprint density at radius 2 is 1.83 bits per heavy atom. The lowest BCUT2D eigenvalue weighted by molar-refractivity contribution is -0.383. The molecule has 1 amide bonds. The predicted octanol–water partition coefficient (Wildman–Crippen LogP) is 2.65. The number of nitrogens with one attached hydrogen (secondary N) is 1. The summed E-state index contributed by atoms with van der Waals surface area (Å²) >= 11 is 0. The van der Waals surface area contributed by atoms with Crippen LogP contribution in [0.2, 0.25) is 0 Å². The SMILES string of the molecule is CCOC(=O)Nc1ccc(N2C=CC=CC(C(=O)OC)=C2C(=O)OC)cc1[N+](=O)[O-]. The molecule has 158 valence electrons. The highest BCUT2D eigenvalue weighted by Gasteiger charge is 2.29. The van der Waals surface area contributed by atoms with E-state index < -0.39 is 28.6 Å². The second-order valence-corrected chi connectivity index (χ2v) is 5.62. The normalized spacial score (nSPS) is 12.8. The maximum atomic E-state index is 12.4. The van der Waals surface area contributed by atoms with Crippen molar-refractivity contribution >= 4 is 35.1 Å². The quantitative estimate of drug-likeness (QED) is 0.320. The lowest BCUT2D eigenvalue weighted by Gasteiger charge is -2.23. The Balaban J connectivity index is 2.60. The average Bonchev–Trinajstić information content (AvgIpc) is 2.96. The number of anilines is 2. The number of ether oxygens (including phenoxy) is 3. The van der Waals surface area contributed by atoms with Gasteiger partial charge in [0.25, 0.3) is 5.69 Å². The summed E-state index contributed by atoms with van der Waals surface area (Å²) in [5, 5.41) is 13.8. The molecule has 0 aliphatic carbocycles. The summed E-state index contributed by atoms with van der Waals surface area (Å²) < 4.78 is 14.2. The van der Waals surface area contributed by atoms with Crippen LogP contribution in [0, 0.1) is 10.1 Å². The minimum atomic E-state index is -0.858. The largest absolute Gasteiger partial charge is 0.465 e. The number of nitro groups is 1. The first-order chi connectivity index (χ1) is 14.3. The van der Waals surface area contributed by atoms with Gasteiger partial charge in [0.2, 0.25) is 0 Å². The minimum absolute atomic E-state index is 0.0902. The number of methoxy groups -OCH3 is 2. The van der Waals surface area contributed by atoms with E-state index in [1.807, 2.05) is 0 Å². The monoisotopic (exact) mass is 417 g/mol. The minimum Gasteiger partial charge on any atom is -0.465 e. The van der Waals surface area contributed by atoms with E-state index in [1.54, 1.807) is 6.92 Å². The van der Waals surface area contributed by atoms with Crippen LogP contribution < -0.4 is 10.2 Å². The Hall–Kier alpha value is -4.15. The van der Waals surface area contributed by atoms with Gasteiger partial charge < -0.3 is 19.1 Å². The molecule has 0 aromatic heterocycles. The molecule has 1 aromatic carbocycles. The number of benzene rings is 1. The summed E-state index contributed by atoms with van der Waals surface area (Å²) in [5.74, 6) is -1.65. The first-order valence-electron chi connectivity index (χ1n) is 8.61. The van der Waals surface area contributed by atoms with Crippen LogP contribution in [0.3, 0.4) is 0 Å². The number of hydrogen-bond acceptors (Lipinski definition) is 9. The molecule has 0 spiro atoms. The number of carbonyl (C=O) groups is 3. The third kappa shape index (κ3) is 4.82. The maximum absolute atomic E-state index is 12.4. The van der Waals surface area contributed by atoms with Crippen molar-refractivity contribution in [3.05, 3.63) is 64.0 Å². The second kappa shape index (κ2) is 9.87. The number of nitro benzene ring substituents is 1. The number of nitrogens with zero attached hydrogens (tertiary/aromatic N) is 2. The predicted molar refractivity (Wildman–Crippen MR) is 106 cm³/mol. The maximum Gasteiger partial charge on any atom is 0.411 e. The summed E-state index contributed by atoms with van der Waals surface area (Å²) in [6, 6.07) is 3.83. The van der Waals surface area contributed by atoms with Gasteiger partial charge in [-0.25, -0.2) is 14.4 Å². The molecule has 0 atom stereocenters. The highest BCUT2D eigenvalue weighted by Crippen LogP contribution is 2.33. The molecule has 1 aliphatic heterocycles. The fourth-order valence-electron chi connectivity index (χ4n) is 2.57. The molecular formula is C19H19N3O8. The van der Waals surface area contributed by atoms with E-state index in [2.05, 4.69) is 5.32 Å². The molecule has 0 fully saturated rings. The lowest BCUT2D eigenvalue weighted by atomic mass is 10.1. The summed E-state index contributed by atoms with van der Waals surface area (Å²) in [6.07, 6.45) is 4.96. The van der Waals surface area contributed by atoms with E-state index in [0.717, 1.165) is 20.3 Å². The zero-order valence-electron chi connectivity index (χ0n) is 16.4. The number of hydrogen-bond donors (Lipinski definition) is 1. The van der Waals surface area contributed by atoms with E-state index in [-0.39, 0.29) is 29.3 Å². The summed E-state index contributed by atoms with van der Waals surface area (Å²) in [7, 11) is 2.29. The molecule has 0 bridgehead atoms. The van der Waals surface area contributed by atoms with Gasteiger partial charge in [-0.1, -0.05) is 6.08 Å². The zero-order chi connectivity index (χ0) is 22.3. The standard InChI is InChI=1S/C19H19N3O8/c1-4-30-19(25)20-14-9-8-12(11-15(14)22(26)27)21-10-6-5-7-13(17(23)28-2)16(21)18(24)29-3/h5-11H,4H2,1-3H3,(H,20,25). The van der Waals surface area contributed by atoms with Crippen LogP contribution in [0.15, 0.2) is 53.9 Å². The van der Waals surface area contributed by atoms with Crippen molar-refractivity contribution < 1.29 is 33.5 Å². The number of allylic oxidation sites excluding steroid dienone is 2. The van der Waals surface area contributed by atoms with Crippen molar-refractivity contribution in [3.63, 3.8) is 0 Å². The Kier molecular flexibility index (Phi) is 7.28. The van der Waals surface area contributed by atoms with Crippen molar-refractivity contribution in [2.24, 2.45) is 0 Å². The first kappa shape index (κ1) is 22.1. The Bertz CT molecular complexity index is 965. The van der Waals surface area contributed by atoms with Gasteiger partial charge in [0, 0.05) is 12.3 Å². The highest BCUT2D eigenvalue weighted by atomic mass is 16.6. The van der Waals surface area contributed by atoms with Gasteiger partial charge in [0.15, 0.2) is 0 Å². The molecule has 0 saturated heterocycles. The highest BCUT2D eigenvalue weighted by molar-refractivity contribution is 6.05. The van der Waals surface area contributed by atoms with Crippen molar-refractivity contribution in [1.82, 2.24) is 0 Å². The van der Waals surface area contributed by atoms with E-state index in [4.69, 9.17) is 14.2 Å². The summed E-state index contributed by atoms with van der Waals surface area (Å²) in [4.78, 5) is 48.3. The van der Waals surface area contributed by atoms with Gasteiger partial charge >= 0.3 is 18.0 Å². The molecule has 1 aromatic rings. The number of carbonyl (C=O) groups excluding carboxylic acids is 3. The molecule has 11 heteroatoms. The Labute approximate surface area is 171 Å². The third-order valence-corrected chi connectivity index (χ3v) is 3.86. The van der Waals surface area contributed by atoms with E-state index in [1.165, 1.54) is 41.5 Å². The van der Waals surface area contributed by atoms with E-state index >= 15 is 0 Å². The number of rotatable bonds is 6. The smallest absolute Gasteiger partial charge is 0.411 e. The molecule has 30 heavy (non-hydrogen) atoms. The van der Waals surface area contributed by atoms with Crippen LogP contribution in [0.5, 0.6) is 0 Å². The average molecular weight is 417 g/mol. The third-order valence-electron chi connectivity index (χ3n) is 3.86. The second-order valence-electron chi connectivity index (χ2n) is 5.62. The van der Waals surface area contributed by atoms with Gasteiger partial charge in [-0.2, -0.15) is 0 Å². The topological polar surface area (TPSA) is 137 Å². The molecule has 0 radical (unpaired) electrons. The molecule has 0 saturated carbocycles. The fourth-order valence-corrected chi connectivity index (χ4v) is 2.57. The van der Waals surface area contributed by atoms with Crippen LogP contribution in [0.1, 0.15) is 6.92 Å². The molecule has 1 heterocycles. The molecule has 1 aliphatic rings. The van der Waals surface area contributed by atoms with Crippen LogP contribution in [-0.2, 0) is 23.8 Å². The molecule has 1 N–H and O–H groups in total. The molecular weight excluding hydrogens is 398 g/mol. The van der Waals surface area contributed by atoms with Gasteiger partial charge in [-0.05, 0) is 31.2 Å². The molecule has 0 unspecified atom stereocenters. The van der Waals surface area contributed by atoms with Crippen LogP contribution in [0.25, 0.3) is 0 Å². The van der Waals surface area contributed by atoms with Gasteiger partial charge in [-0.3, -0.25) is 15.4 Å². The number of esters is 2. The van der Waals surface area contributed by atoms with Gasteiger partial charge in [0.05, 0.1) is 37.0 Å². The van der Waals surface area contributed by atoms with Gasteiger partial charge in [0.1, 0.15) is 11.4 Å². The lowest BCUT2D eigenvalue weighted by Crippen LogP contribution is -2.27. The summed E-state index contributed by atoms with van der Waals surface area (Å²) in [6.45, 7) is 1.68.